The first-order valence-electron chi connectivity index (χ1n) is 7.45. The van der Waals surface area contributed by atoms with Crippen LogP contribution in [0.5, 0.6) is 11.5 Å². The molecule has 0 aromatic heterocycles. The standard InChI is InChI=1S/C19H15FO4S/c20-15-8-6-13(7-9-15)17-10-14(18(21)11-19(17)22)12-25(23,24)16-4-2-1-3-5-16/h1-11,21-22H,12H2. The molecule has 0 aliphatic heterocycles. The molecule has 0 radical (unpaired) electrons. The second-order valence-corrected chi connectivity index (χ2v) is 7.57. The molecular weight excluding hydrogens is 343 g/mol. The van der Waals surface area contributed by atoms with Crippen molar-refractivity contribution in [2.45, 2.75) is 10.6 Å². The maximum absolute atomic E-state index is 13.1. The first kappa shape index (κ1) is 17.0. The van der Waals surface area contributed by atoms with E-state index in [2.05, 4.69) is 0 Å². The van der Waals surface area contributed by atoms with Crippen LogP contribution in [0.15, 0.2) is 71.6 Å². The largest absolute Gasteiger partial charge is 0.507 e. The molecule has 25 heavy (non-hydrogen) atoms. The summed E-state index contributed by atoms with van der Waals surface area (Å²) in [6, 6.07) is 15.8. The molecule has 0 unspecified atom stereocenters. The van der Waals surface area contributed by atoms with Crippen LogP contribution in [0, 0.1) is 5.82 Å². The summed E-state index contributed by atoms with van der Waals surface area (Å²) in [5.41, 5.74) is 0.981. The van der Waals surface area contributed by atoms with Crippen LogP contribution < -0.4 is 0 Å². The van der Waals surface area contributed by atoms with E-state index < -0.39 is 21.4 Å². The monoisotopic (exact) mass is 358 g/mol. The zero-order valence-corrected chi connectivity index (χ0v) is 13.9. The van der Waals surface area contributed by atoms with Crippen molar-refractivity contribution in [3.63, 3.8) is 0 Å². The average Bonchev–Trinajstić information content (AvgIpc) is 2.59. The van der Waals surface area contributed by atoms with E-state index in [0.717, 1.165) is 6.07 Å². The van der Waals surface area contributed by atoms with Crippen molar-refractivity contribution in [1.82, 2.24) is 0 Å². The van der Waals surface area contributed by atoms with E-state index in [1.54, 1.807) is 18.2 Å². The van der Waals surface area contributed by atoms with Crippen molar-refractivity contribution in [2.24, 2.45) is 0 Å². The Balaban J connectivity index is 2.03. The lowest BCUT2D eigenvalue weighted by atomic mass is 10.0. The smallest absolute Gasteiger partial charge is 0.182 e. The van der Waals surface area contributed by atoms with Gasteiger partial charge >= 0.3 is 0 Å². The number of halogens is 1. The average molecular weight is 358 g/mol. The molecule has 2 N–H and O–H groups in total. The molecule has 0 amide bonds. The number of rotatable bonds is 4. The summed E-state index contributed by atoms with van der Waals surface area (Å²) in [5, 5.41) is 20.1. The normalized spacial score (nSPS) is 11.4. The first-order chi connectivity index (χ1) is 11.9. The van der Waals surface area contributed by atoms with E-state index in [4.69, 9.17) is 0 Å². The van der Waals surface area contributed by atoms with Gasteiger partial charge in [-0.25, -0.2) is 12.8 Å². The molecule has 3 rings (SSSR count). The van der Waals surface area contributed by atoms with Crippen LogP contribution in [0.2, 0.25) is 0 Å². The molecule has 0 aliphatic carbocycles. The molecule has 4 nitrogen and oxygen atoms in total. The highest BCUT2D eigenvalue weighted by atomic mass is 32.2. The third-order valence-corrected chi connectivity index (χ3v) is 5.48. The predicted molar refractivity (Wildman–Crippen MR) is 92.5 cm³/mol. The van der Waals surface area contributed by atoms with Crippen LogP contribution in [0.4, 0.5) is 4.39 Å². The Bertz CT molecular complexity index is 998. The van der Waals surface area contributed by atoms with E-state index in [0.29, 0.717) is 11.1 Å². The van der Waals surface area contributed by atoms with Gasteiger partial charge in [-0.2, -0.15) is 0 Å². The Kier molecular flexibility index (Phi) is 4.46. The van der Waals surface area contributed by atoms with Gasteiger partial charge in [-0.3, -0.25) is 0 Å². The third-order valence-electron chi connectivity index (χ3n) is 3.80. The molecule has 0 bridgehead atoms. The quantitative estimate of drug-likeness (QED) is 0.742. The van der Waals surface area contributed by atoms with Crippen LogP contribution in [0.25, 0.3) is 11.1 Å². The molecule has 0 atom stereocenters. The molecule has 3 aromatic carbocycles. The van der Waals surface area contributed by atoms with Gasteiger partial charge in [0, 0.05) is 17.2 Å². The van der Waals surface area contributed by atoms with Crippen molar-refractivity contribution in [3.8, 4) is 22.6 Å². The third kappa shape index (κ3) is 3.64. The van der Waals surface area contributed by atoms with Crippen LogP contribution in [0.3, 0.4) is 0 Å². The van der Waals surface area contributed by atoms with Gasteiger partial charge in [-0.15, -0.1) is 0 Å². The second kappa shape index (κ2) is 6.57. The van der Waals surface area contributed by atoms with Gasteiger partial charge in [0.2, 0.25) is 0 Å². The number of hydrogen-bond acceptors (Lipinski definition) is 4. The van der Waals surface area contributed by atoms with Gasteiger partial charge in [0.15, 0.2) is 9.84 Å². The topological polar surface area (TPSA) is 74.6 Å². The molecule has 6 heteroatoms. The second-order valence-electron chi connectivity index (χ2n) is 5.58. The van der Waals surface area contributed by atoms with Gasteiger partial charge in [-0.05, 0) is 35.9 Å². The maximum atomic E-state index is 13.1. The van der Waals surface area contributed by atoms with Crippen LogP contribution in [-0.4, -0.2) is 18.6 Å². The SMILES string of the molecule is O=S(=O)(Cc1cc(-c2ccc(F)cc2)c(O)cc1O)c1ccccc1. The Morgan fingerprint density at radius 1 is 0.840 bits per heavy atom. The van der Waals surface area contributed by atoms with Crippen molar-refractivity contribution in [2.75, 3.05) is 0 Å². The predicted octanol–water partition coefficient (Wildman–Crippen LogP) is 3.88. The molecule has 0 fully saturated rings. The number of sulfone groups is 1. The molecule has 0 aliphatic rings. The molecule has 0 saturated heterocycles. The summed E-state index contributed by atoms with van der Waals surface area (Å²) in [6.45, 7) is 0. The molecule has 128 valence electrons. The number of hydrogen-bond donors (Lipinski definition) is 2. The lowest BCUT2D eigenvalue weighted by molar-refractivity contribution is 0.448. The van der Waals surface area contributed by atoms with Gasteiger partial charge in [0.05, 0.1) is 10.6 Å². The zero-order chi connectivity index (χ0) is 18.0. The minimum absolute atomic E-state index is 0.144. The van der Waals surface area contributed by atoms with Crippen LogP contribution in [-0.2, 0) is 15.6 Å². The minimum atomic E-state index is -3.66. The number of phenolic OH excluding ortho intramolecular Hbond substituents is 2. The van der Waals surface area contributed by atoms with E-state index in [-0.39, 0.29) is 22.0 Å². The Morgan fingerprint density at radius 2 is 1.48 bits per heavy atom. The number of phenols is 2. The molecule has 0 saturated carbocycles. The maximum Gasteiger partial charge on any atom is 0.182 e. The molecule has 0 spiro atoms. The zero-order valence-electron chi connectivity index (χ0n) is 13.1. The number of benzene rings is 3. The first-order valence-corrected chi connectivity index (χ1v) is 9.10. The Morgan fingerprint density at radius 3 is 2.12 bits per heavy atom. The summed E-state index contributed by atoms with van der Waals surface area (Å²) in [4.78, 5) is 0.144. The van der Waals surface area contributed by atoms with Crippen molar-refractivity contribution < 1.29 is 23.0 Å². The summed E-state index contributed by atoms with van der Waals surface area (Å²) >= 11 is 0. The molecular formula is C19H15FO4S. The Hall–Kier alpha value is -2.86. The molecule has 0 heterocycles. The summed E-state index contributed by atoms with van der Waals surface area (Å²) in [7, 11) is -3.66. The highest BCUT2D eigenvalue weighted by Crippen LogP contribution is 2.36. The molecule has 3 aromatic rings. The van der Waals surface area contributed by atoms with Gasteiger partial charge in [0.1, 0.15) is 17.3 Å². The number of aromatic hydroxyl groups is 2. The highest BCUT2D eigenvalue weighted by Gasteiger charge is 2.19. The lowest BCUT2D eigenvalue weighted by Gasteiger charge is -2.11. The lowest BCUT2D eigenvalue weighted by Crippen LogP contribution is -2.05. The Labute approximate surface area is 144 Å². The van der Waals surface area contributed by atoms with E-state index in [1.807, 2.05) is 0 Å². The van der Waals surface area contributed by atoms with E-state index in [9.17, 15) is 23.0 Å². The van der Waals surface area contributed by atoms with Gasteiger partial charge in [-0.1, -0.05) is 30.3 Å². The van der Waals surface area contributed by atoms with E-state index in [1.165, 1.54) is 42.5 Å². The minimum Gasteiger partial charge on any atom is -0.507 e. The van der Waals surface area contributed by atoms with Crippen molar-refractivity contribution in [1.29, 1.82) is 0 Å². The van der Waals surface area contributed by atoms with Crippen molar-refractivity contribution in [3.05, 3.63) is 78.1 Å². The fourth-order valence-electron chi connectivity index (χ4n) is 2.51. The highest BCUT2D eigenvalue weighted by molar-refractivity contribution is 7.90. The fourth-order valence-corrected chi connectivity index (χ4v) is 3.89. The summed E-state index contributed by atoms with van der Waals surface area (Å²) < 4.78 is 38.1. The summed E-state index contributed by atoms with van der Waals surface area (Å²) in [6.07, 6.45) is 0. The fraction of sp³-hybridized carbons (Fsp3) is 0.0526. The van der Waals surface area contributed by atoms with E-state index >= 15 is 0 Å². The van der Waals surface area contributed by atoms with Crippen molar-refractivity contribution >= 4 is 9.84 Å². The van der Waals surface area contributed by atoms with Crippen LogP contribution in [0.1, 0.15) is 5.56 Å². The van der Waals surface area contributed by atoms with Gasteiger partial charge in [0.25, 0.3) is 0 Å². The van der Waals surface area contributed by atoms with Crippen LogP contribution >= 0.6 is 0 Å². The van der Waals surface area contributed by atoms with Gasteiger partial charge < -0.3 is 10.2 Å². The summed E-state index contributed by atoms with van der Waals surface area (Å²) in [5.74, 6) is -1.38.